The van der Waals surface area contributed by atoms with E-state index >= 15 is 0 Å². The van der Waals surface area contributed by atoms with Crippen molar-refractivity contribution >= 4 is 5.69 Å². The third-order valence-electron chi connectivity index (χ3n) is 4.41. The van der Waals surface area contributed by atoms with Crippen LogP contribution in [0.15, 0.2) is 18.5 Å². The minimum Gasteiger partial charge on any atom is -0.370 e. The minimum atomic E-state index is -4.33. The van der Waals surface area contributed by atoms with Crippen molar-refractivity contribution in [1.29, 1.82) is 0 Å². The zero-order valence-corrected chi connectivity index (χ0v) is 11.2. The fourth-order valence-corrected chi connectivity index (χ4v) is 3.33. The number of anilines is 1. The standard InChI is InChI=1S/C14H18F3N3/c15-14(16,17)11-6-12(8-19-7-11)20-5-1-2-13(10-20)3-4-18-9-13/h6-8,18H,1-5,9-10H2. The first-order valence-electron chi connectivity index (χ1n) is 6.97. The molecule has 0 aromatic carbocycles. The molecule has 1 atom stereocenters. The highest BCUT2D eigenvalue weighted by Gasteiger charge is 2.38. The first-order chi connectivity index (χ1) is 9.49. The first-order valence-corrected chi connectivity index (χ1v) is 6.97. The number of nitrogens with zero attached hydrogens (tertiary/aromatic N) is 2. The Hall–Kier alpha value is -1.30. The number of halogens is 3. The Morgan fingerprint density at radius 2 is 2.10 bits per heavy atom. The maximum Gasteiger partial charge on any atom is 0.417 e. The lowest BCUT2D eigenvalue weighted by molar-refractivity contribution is -0.137. The van der Waals surface area contributed by atoms with Gasteiger partial charge < -0.3 is 10.2 Å². The van der Waals surface area contributed by atoms with Gasteiger partial charge in [0, 0.05) is 31.2 Å². The van der Waals surface area contributed by atoms with E-state index in [1.165, 1.54) is 12.3 Å². The van der Waals surface area contributed by atoms with Crippen molar-refractivity contribution in [3.05, 3.63) is 24.0 Å². The van der Waals surface area contributed by atoms with Crippen LogP contribution in [0.2, 0.25) is 0 Å². The summed E-state index contributed by atoms with van der Waals surface area (Å²) in [4.78, 5) is 5.82. The Labute approximate surface area is 116 Å². The number of pyridine rings is 1. The molecule has 0 bridgehead atoms. The third-order valence-corrected chi connectivity index (χ3v) is 4.41. The number of hydrogen-bond acceptors (Lipinski definition) is 3. The van der Waals surface area contributed by atoms with Crippen molar-refractivity contribution in [3.8, 4) is 0 Å². The van der Waals surface area contributed by atoms with E-state index in [1.807, 2.05) is 0 Å². The molecule has 2 aliphatic rings. The van der Waals surface area contributed by atoms with Crippen LogP contribution in [0.25, 0.3) is 0 Å². The smallest absolute Gasteiger partial charge is 0.370 e. The van der Waals surface area contributed by atoms with Crippen LogP contribution in [0, 0.1) is 5.41 Å². The summed E-state index contributed by atoms with van der Waals surface area (Å²) < 4.78 is 38.3. The lowest BCUT2D eigenvalue weighted by atomic mass is 9.79. The van der Waals surface area contributed by atoms with E-state index in [0.29, 0.717) is 5.69 Å². The maximum absolute atomic E-state index is 12.8. The van der Waals surface area contributed by atoms with Crippen molar-refractivity contribution in [3.63, 3.8) is 0 Å². The summed E-state index contributed by atoms with van der Waals surface area (Å²) in [6.45, 7) is 3.61. The number of nitrogens with one attached hydrogen (secondary N) is 1. The fraction of sp³-hybridized carbons (Fsp3) is 0.643. The van der Waals surface area contributed by atoms with Gasteiger partial charge in [0.15, 0.2) is 0 Å². The zero-order chi connectivity index (χ0) is 14.2. The molecule has 3 nitrogen and oxygen atoms in total. The molecule has 1 aromatic heterocycles. The molecule has 0 saturated carbocycles. The summed E-state index contributed by atoms with van der Waals surface area (Å²) in [6.07, 6.45) is 1.39. The summed E-state index contributed by atoms with van der Waals surface area (Å²) in [7, 11) is 0. The van der Waals surface area contributed by atoms with Crippen LogP contribution in [-0.4, -0.2) is 31.2 Å². The summed E-state index contributed by atoms with van der Waals surface area (Å²) in [6, 6.07) is 1.22. The lowest BCUT2D eigenvalue weighted by Gasteiger charge is -2.41. The molecule has 1 N–H and O–H groups in total. The highest BCUT2D eigenvalue weighted by Crippen LogP contribution is 2.38. The quantitative estimate of drug-likeness (QED) is 0.860. The average Bonchev–Trinajstić information content (AvgIpc) is 2.86. The molecule has 1 unspecified atom stereocenters. The Balaban J connectivity index is 1.82. The van der Waals surface area contributed by atoms with Crippen LogP contribution in [0.3, 0.4) is 0 Å². The number of piperidine rings is 1. The molecule has 3 heterocycles. The molecule has 20 heavy (non-hydrogen) atoms. The molecule has 2 fully saturated rings. The molecule has 0 aliphatic carbocycles. The molecule has 1 aromatic rings. The van der Waals surface area contributed by atoms with Crippen molar-refractivity contribution < 1.29 is 13.2 Å². The van der Waals surface area contributed by atoms with E-state index in [0.717, 1.165) is 51.6 Å². The summed E-state index contributed by atoms with van der Waals surface area (Å²) >= 11 is 0. The van der Waals surface area contributed by atoms with Crippen molar-refractivity contribution in [2.24, 2.45) is 5.41 Å². The second kappa shape index (κ2) is 4.91. The number of alkyl halides is 3. The van der Waals surface area contributed by atoms with Crippen LogP contribution in [-0.2, 0) is 6.18 Å². The molecular formula is C14H18F3N3. The largest absolute Gasteiger partial charge is 0.417 e. The van der Waals surface area contributed by atoms with Gasteiger partial charge in [0.05, 0.1) is 17.4 Å². The zero-order valence-electron chi connectivity index (χ0n) is 11.2. The van der Waals surface area contributed by atoms with Crippen LogP contribution >= 0.6 is 0 Å². The number of hydrogen-bond donors (Lipinski definition) is 1. The van der Waals surface area contributed by atoms with E-state index in [-0.39, 0.29) is 5.41 Å². The average molecular weight is 285 g/mol. The van der Waals surface area contributed by atoms with Crippen molar-refractivity contribution in [2.75, 3.05) is 31.1 Å². The van der Waals surface area contributed by atoms with Gasteiger partial charge in [-0.05, 0) is 31.9 Å². The Morgan fingerprint density at radius 1 is 1.25 bits per heavy atom. The predicted octanol–water partition coefficient (Wildman–Crippen LogP) is 2.68. The second-order valence-corrected chi connectivity index (χ2v) is 5.88. The lowest BCUT2D eigenvalue weighted by Crippen LogP contribution is -2.44. The van der Waals surface area contributed by atoms with Crippen LogP contribution in [0.5, 0.6) is 0 Å². The van der Waals surface area contributed by atoms with E-state index in [2.05, 4.69) is 15.2 Å². The Kier molecular flexibility index (Phi) is 3.36. The van der Waals surface area contributed by atoms with E-state index in [4.69, 9.17) is 0 Å². The monoisotopic (exact) mass is 285 g/mol. The predicted molar refractivity (Wildman–Crippen MR) is 70.6 cm³/mol. The van der Waals surface area contributed by atoms with Gasteiger partial charge in [-0.3, -0.25) is 4.98 Å². The molecule has 2 saturated heterocycles. The molecule has 0 radical (unpaired) electrons. The van der Waals surface area contributed by atoms with Crippen molar-refractivity contribution in [2.45, 2.75) is 25.4 Å². The number of rotatable bonds is 1. The van der Waals surface area contributed by atoms with Crippen molar-refractivity contribution in [1.82, 2.24) is 10.3 Å². The van der Waals surface area contributed by atoms with Gasteiger partial charge in [0.1, 0.15) is 0 Å². The van der Waals surface area contributed by atoms with Gasteiger partial charge in [-0.15, -0.1) is 0 Å². The van der Waals surface area contributed by atoms with Crippen LogP contribution < -0.4 is 10.2 Å². The summed E-state index contributed by atoms with van der Waals surface area (Å²) in [5.41, 5.74) is 0.150. The van der Waals surface area contributed by atoms with Gasteiger partial charge in [-0.2, -0.15) is 13.2 Å². The molecule has 110 valence electrons. The van der Waals surface area contributed by atoms with Crippen LogP contribution in [0.1, 0.15) is 24.8 Å². The van der Waals surface area contributed by atoms with Crippen LogP contribution in [0.4, 0.5) is 18.9 Å². The Morgan fingerprint density at radius 3 is 2.80 bits per heavy atom. The molecule has 3 rings (SSSR count). The van der Waals surface area contributed by atoms with Gasteiger partial charge in [0.25, 0.3) is 0 Å². The maximum atomic E-state index is 12.8. The van der Waals surface area contributed by atoms with Gasteiger partial charge in [-0.1, -0.05) is 0 Å². The second-order valence-electron chi connectivity index (χ2n) is 5.88. The molecule has 0 amide bonds. The molecule has 6 heteroatoms. The van der Waals surface area contributed by atoms with Gasteiger partial charge in [0.2, 0.25) is 0 Å². The highest BCUT2D eigenvalue weighted by atomic mass is 19.4. The third kappa shape index (κ3) is 2.61. The molecular weight excluding hydrogens is 267 g/mol. The molecule has 2 aliphatic heterocycles. The molecule has 1 spiro atoms. The van der Waals surface area contributed by atoms with E-state index < -0.39 is 11.7 Å². The number of aromatic nitrogens is 1. The highest BCUT2D eigenvalue weighted by molar-refractivity contribution is 5.47. The SMILES string of the molecule is FC(F)(F)c1cncc(N2CCCC3(CCNC3)C2)c1. The van der Waals surface area contributed by atoms with E-state index in [1.54, 1.807) is 0 Å². The topological polar surface area (TPSA) is 28.2 Å². The van der Waals surface area contributed by atoms with E-state index in [9.17, 15) is 13.2 Å². The minimum absolute atomic E-state index is 0.229. The normalized spacial score (nSPS) is 27.2. The fourth-order valence-electron chi connectivity index (χ4n) is 3.33. The summed E-state index contributed by atoms with van der Waals surface area (Å²) in [5, 5.41) is 3.37. The van der Waals surface area contributed by atoms with Gasteiger partial charge in [-0.25, -0.2) is 0 Å². The first kappa shape index (κ1) is 13.7. The summed E-state index contributed by atoms with van der Waals surface area (Å²) in [5.74, 6) is 0. The van der Waals surface area contributed by atoms with Gasteiger partial charge >= 0.3 is 6.18 Å². The Bertz CT molecular complexity index is 481.